The molecule has 0 spiro atoms. The predicted molar refractivity (Wildman–Crippen MR) is 71.0 cm³/mol. The van der Waals surface area contributed by atoms with E-state index in [9.17, 15) is 0 Å². The highest BCUT2D eigenvalue weighted by molar-refractivity contribution is 5.09. The van der Waals surface area contributed by atoms with Gasteiger partial charge in [-0.1, -0.05) is 6.92 Å². The maximum Gasteiger partial charge on any atom is 0.0270 e. The minimum atomic E-state index is 0.688. The summed E-state index contributed by atoms with van der Waals surface area (Å²) in [7, 11) is 2.21. The summed E-state index contributed by atoms with van der Waals surface area (Å²) in [5, 5.41) is 3.69. The normalized spacial score (nSPS) is 26.0. The van der Waals surface area contributed by atoms with Gasteiger partial charge in [0.15, 0.2) is 0 Å². The molecule has 1 saturated heterocycles. The molecule has 0 amide bonds. The molecule has 0 saturated carbocycles. The van der Waals surface area contributed by atoms with Gasteiger partial charge in [-0.3, -0.25) is 4.98 Å². The standard InChI is InChI=1S/C14H23N3/c1-12-11-17(2)10-6-14(12)16-9-5-13-3-7-15-8-4-13/h3-4,7-8,12,14,16H,5-6,9-11H2,1-2H3. The fourth-order valence-electron chi connectivity index (χ4n) is 2.61. The zero-order chi connectivity index (χ0) is 12.1. The van der Waals surface area contributed by atoms with E-state index >= 15 is 0 Å². The van der Waals surface area contributed by atoms with E-state index in [1.807, 2.05) is 12.4 Å². The Morgan fingerprint density at radius 3 is 2.88 bits per heavy atom. The minimum Gasteiger partial charge on any atom is -0.313 e. The monoisotopic (exact) mass is 233 g/mol. The molecule has 94 valence electrons. The van der Waals surface area contributed by atoms with Crippen LogP contribution in [-0.4, -0.2) is 42.6 Å². The number of pyridine rings is 1. The molecule has 1 aromatic rings. The van der Waals surface area contributed by atoms with Gasteiger partial charge < -0.3 is 10.2 Å². The van der Waals surface area contributed by atoms with Gasteiger partial charge in [-0.25, -0.2) is 0 Å². The van der Waals surface area contributed by atoms with E-state index in [4.69, 9.17) is 0 Å². The van der Waals surface area contributed by atoms with Gasteiger partial charge in [0, 0.05) is 25.0 Å². The summed E-state index contributed by atoms with van der Waals surface area (Å²) in [6.45, 7) is 5.85. The maximum absolute atomic E-state index is 4.04. The van der Waals surface area contributed by atoms with Crippen molar-refractivity contribution in [3.63, 3.8) is 0 Å². The second-order valence-electron chi connectivity index (χ2n) is 5.19. The van der Waals surface area contributed by atoms with Crippen molar-refractivity contribution < 1.29 is 0 Å². The van der Waals surface area contributed by atoms with Crippen LogP contribution in [-0.2, 0) is 6.42 Å². The number of piperidine rings is 1. The predicted octanol–water partition coefficient (Wildman–Crippen LogP) is 1.55. The lowest BCUT2D eigenvalue weighted by atomic mass is 9.94. The topological polar surface area (TPSA) is 28.2 Å². The first-order valence-corrected chi connectivity index (χ1v) is 6.56. The molecule has 1 aromatic heterocycles. The van der Waals surface area contributed by atoms with Crippen LogP contribution in [0.1, 0.15) is 18.9 Å². The first kappa shape index (κ1) is 12.5. The quantitative estimate of drug-likeness (QED) is 0.855. The van der Waals surface area contributed by atoms with Gasteiger partial charge in [0.1, 0.15) is 0 Å². The average Bonchev–Trinajstić information content (AvgIpc) is 2.33. The third kappa shape index (κ3) is 3.79. The Morgan fingerprint density at radius 2 is 2.18 bits per heavy atom. The lowest BCUT2D eigenvalue weighted by Crippen LogP contribution is -2.47. The molecule has 0 aliphatic carbocycles. The van der Waals surface area contributed by atoms with E-state index in [1.54, 1.807) is 0 Å². The van der Waals surface area contributed by atoms with Crippen LogP contribution in [0.3, 0.4) is 0 Å². The van der Waals surface area contributed by atoms with Crippen LogP contribution in [0.5, 0.6) is 0 Å². The van der Waals surface area contributed by atoms with Crippen molar-refractivity contribution in [2.45, 2.75) is 25.8 Å². The molecule has 2 rings (SSSR count). The number of nitrogens with zero attached hydrogens (tertiary/aromatic N) is 2. The van der Waals surface area contributed by atoms with Gasteiger partial charge in [-0.2, -0.15) is 0 Å². The Hall–Kier alpha value is -0.930. The van der Waals surface area contributed by atoms with E-state index in [1.165, 1.54) is 25.1 Å². The first-order valence-electron chi connectivity index (χ1n) is 6.56. The Kier molecular flexibility index (Phi) is 4.51. The van der Waals surface area contributed by atoms with E-state index in [-0.39, 0.29) is 0 Å². The van der Waals surface area contributed by atoms with Crippen LogP contribution in [0.15, 0.2) is 24.5 Å². The summed E-state index contributed by atoms with van der Waals surface area (Å²) in [5.41, 5.74) is 1.37. The van der Waals surface area contributed by atoms with Crippen molar-refractivity contribution in [3.8, 4) is 0 Å². The zero-order valence-electron chi connectivity index (χ0n) is 10.9. The van der Waals surface area contributed by atoms with Gasteiger partial charge in [-0.05, 0) is 56.6 Å². The molecular formula is C14H23N3. The SMILES string of the molecule is CC1CN(C)CCC1NCCc1ccncc1. The van der Waals surface area contributed by atoms with Crippen LogP contribution in [0.25, 0.3) is 0 Å². The van der Waals surface area contributed by atoms with Crippen LogP contribution in [0.2, 0.25) is 0 Å². The fourth-order valence-corrected chi connectivity index (χ4v) is 2.61. The summed E-state index contributed by atoms with van der Waals surface area (Å²) in [4.78, 5) is 6.46. The largest absolute Gasteiger partial charge is 0.313 e. The number of nitrogens with one attached hydrogen (secondary N) is 1. The molecule has 3 heteroatoms. The highest BCUT2D eigenvalue weighted by atomic mass is 15.1. The third-order valence-electron chi connectivity index (χ3n) is 3.68. The van der Waals surface area contributed by atoms with Crippen LogP contribution in [0.4, 0.5) is 0 Å². The molecule has 0 bridgehead atoms. The summed E-state index contributed by atoms with van der Waals surface area (Å²) in [5.74, 6) is 0.756. The van der Waals surface area contributed by atoms with Gasteiger partial charge in [0.25, 0.3) is 0 Å². The highest BCUT2D eigenvalue weighted by Crippen LogP contribution is 2.15. The number of likely N-dealkylation sites (tertiary alicyclic amines) is 1. The van der Waals surface area contributed by atoms with E-state index in [0.29, 0.717) is 6.04 Å². The second-order valence-corrected chi connectivity index (χ2v) is 5.19. The van der Waals surface area contributed by atoms with E-state index in [0.717, 1.165) is 18.9 Å². The maximum atomic E-state index is 4.04. The molecule has 1 N–H and O–H groups in total. The molecule has 1 aliphatic heterocycles. The number of hydrogen-bond donors (Lipinski definition) is 1. The Bertz CT molecular complexity index is 325. The zero-order valence-corrected chi connectivity index (χ0v) is 10.9. The van der Waals surface area contributed by atoms with Crippen LogP contribution >= 0.6 is 0 Å². The highest BCUT2D eigenvalue weighted by Gasteiger charge is 2.23. The average molecular weight is 233 g/mol. The summed E-state index contributed by atoms with van der Waals surface area (Å²) in [6.07, 6.45) is 6.11. The van der Waals surface area contributed by atoms with Crippen molar-refractivity contribution in [2.75, 3.05) is 26.7 Å². The Balaban J connectivity index is 1.72. The van der Waals surface area contributed by atoms with Crippen molar-refractivity contribution in [3.05, 3.63) is 30.1 Å². The van der Waals surface area contributed by atoms with E-state index in [2.05, 4.69) is 41.3 Å². The molecule has 0 radical (unpaired) electrons. The lowest BCUT2D eigenvalue weighted by molar-refractivity contribution is 0.176. The lowest BCUT2D eigenvalue weighted by Gasteiger charge is -2.35. The van der Waals surface area contributed by atoms with Crippen molar-refractivity contribution in [1.29, 1.82) is 0 Å². The molecule has 0 aromatic carbocycles. The number of rotatable bonds is 4. The molecule has 2 unspecified atom stereocenters. The molecule has 2 heterocycles. The molecular weight excluding hydrogens is 210 g/mol. The Labute approximate surface area is 104 Å². The molecule has 1 fully saturated rings. The van der Waals surface area contributed by atoms with Crippen molar-refractivity contribution in [1.82, 2.24) is 15.2 Å². The number of aromatic nitrogens is 1. The van der Waals surface area contributed by atoms with Crippen LogP contribution in [0, 0.1) is 5.92 Å². The third-order valence-corrected chi connectivity index (χ3v) is 3.68. The first-order chi connectivity index (χ1) is 8.25. The van der Waals surface area contributed by atoms with Gasteiger partial charge >= 0.3 is 0 Å². The molecule has 1 aliphatic rings. The molecule has 2 atom stereocenters. The van der Waals surface area contributed by atoms with Crippen molar-refractivity contribution in [2.24, 2.45) is 5.92 Å². The van der Waals surface area contributed by atoms with Gasteiger partial charge in [0.05, 0.1) is 0 Å². The molecule has 3 nitrogen and oxygen atoms in total. The van der Waals surface area contributed by atoms with E-state index < -0.39 is 0 Å². The number of hydrogen-bond acceptors (Lipinski definition) is 3. The summed E-state index contributed by atoms with van der Waals surface area (Å²) >= 11 is 0. The fraction of sp³-hybridized carbons (Fsp3) is 0.643. The van der Waals surface area contributed by atoms with Gasteiger partial charge in [0.2, 0.25) is 0 Å². The molecule has 17 heavy (non-hydrogen) atoms. The van der Waals surface area contributed by atoms with Crippen LogP contribution < -0.4 is 5.32 Å². The minimum absolute atomic E-state index is 0.688. The van der Waals surface area contributed by atoms with Gasteiger partial charge in [-0.15, -0.1) is 0 Å². The summed E-state index contributed by atoms with van der Waals surface area (Å²) in [6, 6.07) is 4.88. The Morgan fingerprint density at radius 1 is 1.41 bits per heavy atom. The summed E-state index contributed by atoms with van der Waals surface area (Å²) < 4.78 is 0. The van der Waals surface area contributed by atoms with Crippen molar-refractivity contribution >= 4 is 0 Å². The smallest absolute Gasteiger partial charge is 0.0270 e. The second kappa shape index (κ2) is 6.12.